The first-order valence-corrected chi connectivity index (χ1v) is 7.99. The zero-order valence-corrected chi connectivity index (χ0v) is 16.2. The normalized spacial score (nSPS) is 11.0. The van der Waals surface area contributed by atoms with Gasteiger partial charge in [0, 0.05) is 31.7 Å². The summed E-state index contributed by atoms with van der Waals surface area (Å²) in [6.45, 7) is 1.45. The summed E-state index contributed by atoms with van der Waals surface area (Å²) >= 11 is 1.75. The molecule has 0 aliphatic carbocycles. The van der Waals surface area contributed by atoms with Crippen molar-refractivity contribution in [3.63, 3.8) is 0 Å². The van der Waals surface area contributed by atoms with Gasteiger partial charge in [-0.15, -0.1) is 35.7 Å². The smallest absolute Gasteiger partial charge is 0.191 e. The highest BCUT2D eigenvalue weighted by Gasteiger charge is 2.01. The van der Waals surface area contributed by atoms with E-state index in [2.05, 4.69) is 51.2 Å². The van der Waals surface area contributed by atoms with E-state index in [1.807, 2.05) is 17.8 Å². The van der Waals surface area contributed by atoms with E-state index >= 15 is 0 Å². The first-order valence-electron chi connectivity index (χ1n) is 6.77. The summed E-state index contributed by atoms with van der Waals surface area (Å²) in [5, 5.41) is 10.7. The van der Waals surface area contributed by atoms with Crippen molar-refractivity contribution in [2.75, 3.05) is 13.3 Å². The van der Waals surface area contributed by atoms with Gasteiger partial charge in [-0.2, -0.15) is 5.10 Å². The van der Waals surface area contributed by atoms with Gasteiger partial charge in [0.25, 0.3) is 0 Å². The van der Waals surface area contributed by atoms with E-state index in [9.17, 15) is 0 Å². The van der Waals surface area contributed by atoms with Crippen molar-refractivity contribution >= 4 is 41.7 Å². The van der Waals surface area contributed by atoms with Gasteiger partial charge < -0.3 is 10.6 Å². The molecule has 0 aliphatic heterocycles. The number of hydrogen-bond acceptors (Lipinski definition) is 3. The van der Waals surface area contributed by atoms with E-state index in [-0.39, 0.29) is 24.0 Å². The molecule has 0 saturated heterocycles. The molecule has 0 bridgehead atoms. The minimum absolute atomic E-state index is 0. The molecule has 1 aromatic heterocycles. The Hall–Kier alpha value is -1.22. The summed E-state index contributed by atoms with van der Waals surface area (Å²) in [5.74, 6) is 0.783. The Morgan fingerprint density at radius 2 is 1.86 bits per heavy atom. The van der Waals surface area contributed by atoms with Gasteiger partial charge in [0.05, 0.1) is 12.2 Å². The Kier molecular flexibility index (Phi) is 8.32. The van der Waals surface area contributed by atoms with E-state index in [4.69, 9.17) is 0 Å². The van der Waals surface area contributed by atoms with Crippen LogP contribution in [0.2, 0.25) is 0 Å². The second kappa shape index (κ2) is 9.73. The average Bonchev–Trinajstić information content (AvgIpc) is 2.93. The van der Waals surface area contributed by atoms with Crippen LogP contribution in [0.1, 0.15) is 11.3 Å². The predicted molar refractivity (Wildman–Crippen MR) is 104 cm³/mol. The summed E-state index contributed by atoms with van der Waals surface area (Å²) in [4.78, 5) is 5.50. The van der Waals surface area contributed by atoms with Gasteiger partial charge >= 0.3 is 0 Å². The molecule has 2 aromatic rings. The van der Waals surface area contributed by atoms with Crippen molar-refractivity contribution in [2.45, 2.75) is 18.0 Å². The van der Waals surface area contributed by atoms with Gasteiger partial charge in [0.15, 0.2) is 5.96 Å². The van der Waals surface area contributed by atoms with Gasteiger partial charge in [0.2, 0.25) is 0 Å². The number of hydrogen-bond donors (Lipinski definition) is 2. The lowest BCUT2D eigenvalue weighted by molar-refractivity contribution is 0.684. The Morgan fingerprint density at radius 1 is 1.18 bits per heavy atom. The number of nitrogens with one attached hydrogen (secondary N) is 2. The molecule has 0 saturated carbocycles. The number of benzene rings is 1. The average molecular weight is 431 g/mol. The Labute approximate surface area is 153 Å². The highest BCUT2D eigenvalue weighted by Crippen LogP contribution is 2.14. The molecule has 5 nitrogen and oxygen atoms in total. The SMILES string of the molecule is CN=C(NCc1ccc(SC)cc1)NCc1ccnn1C.I. The van der Waals surface area contributed by atoms with Crippen LogP contribution in [0.5, 0.6) is 0 Å². The van der Waals surface area contributed by atoms with Gasteiger partial charge in [-0.25, -0.2) is 0 Å². The maximum absolute atomic E-state index is 4.23. The van der Waals surface area contributed by atoms with Gasteiger partial charge in [0.1, 0.15) is 0 Å². The number of guanidine groups is 1. The van der Waals surface area contributed by atoms with E-state index in [0.717, 1.165) is 18.2 Å². The van der Waals surface area contributed by atoms with Crippen LogP contribution in [0, 0.1) is 0 Å². The molecule has 2 rings (SSSR count). The molecular weight excluding hydrogens is 409 g/mol. The van der Waals surface area contributed by atoms with Crippen LogP contribution >= 0.6 is 35.7 Å². The molecule has 7 heteroatoms. The Morgan fingerprint density at radius 3 is 2.41 bits per heavy atom. The van der Waals surface area contributed by atoms with Crippen LogP contribution in [0.25, 0.3) is 0 Å². The summed E-state index contributed by atoms with van der Waals surface area (Å²) in [6, 6.07) is 10.5. The van der Waals surface area contributed by atoms with Crippen LogP contribution < -0.4 is 10.6 Å². The van der Waals surface area contributed by atoms with Crippen LogP contribution in [-0.2, 0) is 20.1 Å². The molecule has 1 aromatic carbocycles. The molecule has 0 amide bonds. The third-order valence-corrected chi connectivity index (χ3v) is 3.95. The van der Waals surface area contributed by atoms with E-state index in [1.165, 1.54) is 10.5 Å². The predicted octanol–water partition coefficient (Wildman–Crippen LogP) is 2.63. The van der Waals surface area contributed by atoms with E-state index in [1.54, 1.807) is 25.0 Å². The van der Waals surface area contributed by atoms with Gasteiger partial charge in [-0.05, 0) is 30.0 Å². The number of aryl methyl sites for hydroxylation is 1. The Balaban J connectivity index is 0.00000242. The summed E-state index contributed by atoms with van der Waals surface area (Å²) in [5.41, 5.74) is 2.35. The standard InChI is InChI=1S/C15H21N5S.HI/c1-16-15(18-11-13-8-9-19-20(13)2)17-10-12-4-6-14(21-3)7-5-12;/h4-9H,10-11H2,1-3H3,(H2,16,17,18);1H. The highest BCUT2D eigenvalue weighted by atomic mass is 127. The van der Waals surface area contributed by atoms with Crippen LogP contribution in [-0.4, -0.2) is 29.0 Å². The number of thioether (sulfide) groups is 1. The summed E-state index contributed by atoms with van der Waals surface area (Å²) < 4.78 is 1.85. The van der Waals surface area contributed by atoms with Gasteiger partial charge in [-0.1, -0.05) is 12.1 Å². The molecular formula is C15H22IN5S. The number of rotatable bonds is 5. The van der Waals surface area contributed by atoms with Crippen LogP contribution in [0.4, 0.5) is 0 Å². The van der Waals surface area contributed by atoms with Crippen LogP contribution in [0.15, 0.2) is 46.4 Å². The van der Waals surface area contributed by atoms with Crippen LogP contribution in [0.3, 0.4) is 0 Å². The molecule has 22 heavy (non-hydrogen) atoms. The largest absolute Gasteiger partial charge is 0.352 e. The number of nitrogens with zero attached hydrogens (tertiary/aromatic N) is 3. The third kappa shape index (κ3) is 5.53. The molecule has 0 unspecified atom stereocenters. The first-order chi connectivity index (χ1) is 10.2. The minimum atomic E-state index is 0. The fraction of sp³-hybridized carbons (Fsp3) is 0.333. The molecule has 2 N–H and O–H groups in total. The Bertz CT molecular complexity index is 594. The zero-order valence-electron chi connectivity index (χ0n) is 13.0. The minimum Gasteiger partial charge on any atom is -0.352 e. The monoisotopic (exact) mass is 431 g/mol. The summed E-state index contributed by atoms with van der Waals surface area (Å²) in [7, 11) is 3.70. The molecule has 0 spiro atoms. The van der Waals surface area contributed by atoms with Crippen molar-refractivity contribution in [2.24, 2.45) is 12.0 Å². The van der Waals surface area contributed by atoms with E-state index in [0.29, 0.717) is 6.54 Å². The quantitative estimate of drug-likeness (QED) is 0.331. The van der Waals surface area contributed by atoms with E-state index < -0.39 is 0 Å². The lowest BCUT2D eigenvalue weighted by atomic mass is 10.2. The number of aromatic nitrogens is 2. The van der Waals surface area contributed by atoms with Crippen molar-refractivity contribution in [3.05, 3.63) is 47.8 Å². The third-order valence-electron chi connectivity index (χ3n) is 3.20. The molecule has 0 radical (unpaired) electrons. The fourth-order valence-electron chi connectivity index (χ4n) is 1.90. The first kappa shape index (κ1) is 18.8. The zero-order chi connectivity index (χ0) is 15.1. The second-order valence-electron chi connectivity index (χ2n) is 4.57. The maximum atomic E-state index is 4.23. The second-order valence-corrected chi connectivity index (χ2v) is 5.45. The molecule has 0 atom stereocenters. The molecule has 0 aliphatic rings. The number of aliphatic imine (C=N–C) groups is 1. The van der Waals surface area contributed by atoms with Crippen molar-refractivity contribution in [1.82, 2.24) is 20.4 Å². The number of halogens is 1. The van der Waals surface area contributed by atoms with Crippen molar-refractivity contribution in [3.8, 4) is 0 Å². The lowest BCUT2D eigenvalue weighted by Crippen LogP contribution is -2.36. The van der Waals surface area contributed by atoms with Gasteiger partial charge in [-0.3, -0.25) is 9.67 Å². The van der Waals surface area contributed by atoms with Crippen molar-refractivity contribution < 1.29 is 0 Å². The highest BCUT2D eigenvalue weighted by molar-refractivity contribution is 14.0. The lowest BCUT2D eigenvalue weighted by Gasteiger charge is -2.12. The molecule has 0 fully saturated rings. The summed E-state index contributed by atoms with van der Waals surface area (Å²) in [6.07, 6.45) is 3.87. The topological polar surface area (TPSA) is 54.2 Å². The maximum Gasteiger partial charge on any atom is 0.191 e. The molecule has 1 heterocycles. The fourth-order valence-corrected chi connectivity index (χ4v) is 2.31. The van der Waals surface area contributed by atoms with Crippen molar-refractivity contribution in [1.29, 1.82) is 0 Å². The molecule has 120 valence electrons.